The summed E-state index contributed by atoms with van der Waals surface area (Å²) in [6.07, 6.45) is 3.13. The summed E-state index contributed by atoms with van der Waals surface area (Å²) in [4.78, 5) is 21.3. The Labute approximate surface area is 151 Å². The molecule has 0 spiro atoms. The summed E-state index contributed by atoms with van der Waals surface area (Å²) in [6, 6.07) is 14.5. The number of aromatic nitrogens is 2. The number of benzene rings is 2. The Morgan fingerprint density at radius 2 is 1.96 bits per heavy atom. The second kappa shape index (κ2) is 6.92. The Balaban J connectivity index is 1.53. The van der Waals surface area contributed by atoms with Gasteiger partial charge in [0, 0.05) is 17.0 Å². The first-order chi connectivity index (χ1) is 12.2. The highest BCUT2D eigenvalue weighted by molar-refractivity contribution is 8.00. The van der Waals surface area contributed by atoms with E-state index in [2.05, 4.69) is 58.6 Å². The minimum absolute atomic E-state index is 0.0162. The third-order valence-corrected chi connectivity index (χ3v) is 5.81. The predicted molar refractivity (Wildman–Crippen MR) is 103 cm³/mol. The fourth-order valence-electron chi connectivity index (χ4n) is 3.14. The molecule has 1 unspecified atom stereocenters. The van der Waals surface area contributed by atoms with Crippen molar-refractivity contribution in [1.29, 1.82) is 0 Å². The van der Waals surface area contributed by atoms with Crippen LogP contribution in [0.2, 0.25) is 0 Å². The number of thioether (sulfide) groups is 1. The van der Waals surface area contributed by atoms with Crippen LogP contribution in [-0.2, 0) is 4.79 Å². The van der Waals surface area contributed by atoms with Gasteiger partial charge in [-0.25, -0.2) is 4.98 Å². The lowest BCUT2D eigenvalue weighted by atomic mass is 10.2. The van der Waals surface area contributed by atoms with Crippen molar-refractivity contribution >= 4 is 28.7 Å². The molecule has 128 valence electrons. The Kier molecular flexibility index (Phi) is 4.49. The Hall–Kier alpha value is -2.27. The third kappa shape index (κ3) is 3.56. The number of nitrogens with one attached hydrogen (secondary N) is 2. The van der Waals surface area contributed by atoms with E-state index in [1.165, 1.54) is 5.56 Å². The molecule has 0 radical (unpaired) electrons. The molecule has 25 heavy (non-hydrogen) atoms. The number of imidazole rings is 1. The van der Waals surface area contributed by atoms with Gasteiger partial charge in [0.05, 0.1) is 16.3 Å². The molecule has 1 saturated heterocycles. The number of amides is 1. The van der Waals surface area contributed by atoms with E-state index < -0.39 is 0 Å². The summed E-state index contributed by atoms with van der Waals surface area (Å²) in [5.74, 6) is 1.04. The van der Waals surface area contributed by atoms with Crippen LogP contribution in [0, 0.1) is 6.92 Å². The maximum atomic E-state index is 12.1. The molecule has 5 heteroatoms. The van der Waals surface area contributed by atoms with Gasteiger partial charge in [0.25, 0.3) is 0 Å². The second-order valence-electron chi connectivity index (χ2n) is 6.52. The van der Waals surface area contributed by atoms with Gasteiger partial charge >= 0.3 is 0 Å². The monoisotopic (exact) mass is 351 g/mol. The second-order valence-corrected chi connectivity index (χ2v) is 7.80. The van der Waals surface area contributed by atoms with Crippen molar-refractivity contribution in [3.63, 3.8) is 0 Å². The number of carbonyl (C=O) groups is 1. The fourth-order valence-corrected chi connectivity index (χ4v) is 4.24. The number of hydrogen-bond donors (Lipinski definition) is 2. The first kappa shape index (κ1) is 16.2. The molecule has 2 N–H and O–H groups in total. The van der Waals surface area contributed by atoms with Crippen LogP contribution in [-0.4, -0.2) is 27.7 Å². The molecule has 1 amide bonds. The van der Waals surface area contributed by atoms with Crippen LogP contribution in [0.5, 0.6) is 0 Å². The van der Waals surface area contributed by atoms with E-state index in [0.29, 0.717) is 0 Å². The molecule has 1 fully saturated rings. The molecule has 1 atom stereocenters. The summed E-state index contributed by atoms with van der Waals surface area (Å²) >= 11 is 1.65. The minimum atomic E-state index is 0.0162. The summed E-state index contributed by atoms with van der Waals surface area (Å²) in [7, 11) is 0. The molecule has 2 heterocycles. The van der Waals surface area contributed by atoms with E-state index in [1.807, 2.05) is 6.07 Å². The van der Waals surface area contributed by atoms with Crippen LogP contribution >= 0.6 is 11.8 Å². The fraction of sp³-hybridized carbons (Fsp3) is 0.300. The lowest BCUT2D eigenvalue weighted by molar-refractivity contribution is -0.120. The van der Waals surface area contributed by atoms with Gasteiger partial charge in [0.1, 0.15) is 5.82 Å². The smallest absolute Gasteiger partial charge is 0.233 e. The molecule has 3 aromatic rings. The van der Waals surface area contributed by atoms with E-state index in [-0.39, 0.29) is 11.2 Å². The van der Waals surface area contributed by atoms with E-state index in [1.54, 1.807) is 11.8 Å². The average molecular weight is 351 g/mol. The van der Waals surface area contributed by atoms with Crippen LogP contribution in [0.3, 0.4) is 0 Å². The number of fused-ring (bicyclic) bond motifs is 1. The quantitative estimate of drug-likeness (QED) is 0.740. The van der Waals surface area contributed by atoms with Gasteiger partial charge in [0.2, 0.25) is 5.91 Å². The molecule has 4 nitrogen and oxygen atoms in total. The molecule has 1 aliphatic heterocycles. The van der Waals surface area contributed by atoms with Gasteiger partial charge in [-0.3, -0.25) is 4.79 Å². The highest BCUT2D eigenvalue weighted by atomic mass is 32.2. The van der Waals surface area contributed by atoms with Crippen LogP contribution in [0.25, 0.3) is 22.4 Å². The zero-order valence-electron chi connectivity index (χ0n) is 14.2. The van der Waals surface area contributed by atoms with Crippen LogP contribution < -0.4 is 5.32 Å². The molecule has 1 aliphatic rings. The number of aromatic amines is 1. The van der Waals surface area contributed by atoms with Crippen LogP contribution in [0.15, 0.2) is 47.4 Å². The number of aryl methyl sites for hydroxylation is 1. The van der Waals surface area contributed by atoms with Gasteiger partial charge in [-0.2, -0.15) is 0 Å². The topological polar surface area (TPSA) is 57.8 Å². The first-order valence-electron chi connectivity index (χ1n) is 8.70. The van der Waals surface area contributed by atoms with Crippen molar-refractivity contribution in [1.82, 2.24) is 15.3 Å². The van der Waals surface area contributed by atoms with Crippen molar-refractivity contribution in [2.24, 2.45) is 0 Å². The van der Waals surface area contributed by atoms with Crippen molar-refractivity contribution in [2.75, 3.05) is 6.54 Å². The molecular weight excluding hydrogens is 330 g/mol. The number of carbonyl (C=O) groups excluding carboxylic acids is 1. The van der Waals surface area contributed by atoms with E-state index in [0.717, 1.165) is 53.1 Å². The molecule has 4 rings (SSSR count). The number of nitrogens with zero attached hydrogens (tertiary/aromatic N) is 1. The number of H-pyrrole nitrogens is 1. The number of hydrogen-bond acceptors (Lipinski definition) is 3. The van der Waals surface area contributed by atoms with Gasteiger partial charge in [-0.1, -0.05) is 24.6 Å². The molecule has 0 bridgehead atoms. The number of rotatable bonds is 3. The predicted octanol–water partition coefficient (Wildman–Crippen LogP) is 4.30. The zero-order chi connectivity index (χ0) is 17.2. The Morgan fingerprint density at radius 1 is 1.12 bits per heavy atom. The maximum absolute atomic E-state index is 12.1. The lowest BCUT2D eigenvalue weighted by Crippen LogP contribution is -2.30. The van der Waals surface area contributed by atoms with Gasteiger partial charge < -0.3 is 10.3 Å². The van der Waals surface area contributed by atoms with Crippen molar-refractivity contribution in [3.05, 3.63) is 48.0 Å². The van der Waals surface area contributed by atoms with Crippen LogP contribution in [0.1, 0.15) is 24.8 Å². The highest BCUT2D eigenvalue weighted by Gasteiger charge is 2.21. The first-order valence-corrected chi connectivity index (χ1v) is 9.58. The van der Waals surface area contributed by atoms with E-state index in [9.17, 15) is 4.79 Å². The van der Waals surface area contributed by atoms with E-state index in [4.69, 9.17) is 0 Å². The van der Waals surface area contributed by atoms with Crippen molar-refractivity contribution in [3.8, 4) is 11.4 Å². The normalized spacial score (nSPS) is 18.1. The zero-order valence-corrected chi connectivity index (χ0v) is 15.0. The van der Waals surface area contributed by atoms with E-state index >= 15 is 0 Å². The molecule has 0 saturated carbocycles. The van der Waals surface area contributed by atoms with Gasteiger partial charge in [-0.15, -0.1) is 11.8 Å². The summed E-state index contributed by atoms with van der Waals surface area (Å²) in [5, 5.41) is 3.01. The van der Waals surface area contributed by atoms with Gasteiger partial charge in [0.15, 0.2) is 0 Å². The molecule has 0 aliphatic carbocycles. The van der Waals surface area contributed by atoms with Crippen molar-refractivity contribution < 1.29 is 4.79 Å². The maximum Gasteiger partial charge on any atom is 0.233 e. The van der Waals surface area contributed by atoms with Gasteiger partial charge in [-0.05, 0) is 49.6 Å². The summed E-state index contributed by atoms with van der Waals surface area (Å²) < 4.78 is 0. The summed E-state index contributed by atoms with van der Waals surface area (Å²) in [6.45, 7) is 2.88. The van der Waals surface area contributed by atoms with Crippen molar-refractivity contribution in [2.45, 2.75) is 36.3 Å². The third-order valence-electron chi connectivity index (χ3n) is 4.53. The molecule has 2 aromatic carbocycles. The lowest BCUT2D eigenvalue weighted by Gasteiger charge is -2.12. The van der Waals surface area contributed by atoms with Crippen LogP contribution in [0.4, 0.5) is 0 Å². The Morgan fingerprint density at radius 3 is 2.80 bits per heavy atom. The molecular formula is C20H21N3OS. The minimum Gasteiger partial charge on any atom is -0.355 e. The molecule has 1 aromatic heterocycles. The summed E-state index contributed by atoms with van der Waals surface area (Å²) in [5.41, 5.74) is 4.32. The SMILES string of the molecule is Cc1ccc2nc(-c3ccc(SC4CCCCNC4=O)cc3)[nH]c2c1. The largest absolute Gasteiger partial charge is 0.355 e. The standard InChI is InChI=1S/C20H21N3OS/c1-13-5-10-16-17(12-13)23-19(22-16)14-6-8-15(9-7-14)25-18-4-2-3-11-21-20(18)24/h5-10,12,18H,2-4,11H2,1H3,(H,21,24)(H,22,23). The average Bonchev–Trinajstić information content (AvgIpc) is 2.93. The highest BCUT2D eigenvalue weighted by Crippen LogP contribution is 2.30. The Bertz CT molecular complexity index is 901.